The Morgan fingerprint density at radius 1 is 1.42 bits per heavy atom. The molecule has 0 aromatic heterocycles. The minimum Gasteiger partial charge on any atom is -0.550 e. The van der Waals surface area contributed by atoms with E-state index in [-0.39, 0.29) is 55.2 Å². The summed E-state index contributed by atoms with van der Waals surface area (Å²) in [6.45, 7) is 1.95. The number of aryl methyl sites for hydroxylation is 1. The molecule has 5 nitrogen and oxygen atoms in total. The molecular formula is C23H27F2NaO5. The number of alkyl halides is 2. The van der Waals surface area contributed by atoms with Crippen LogP contribution in [0.15, 0.2) is 48.3 Å². The number of aliphatic hydroxyl groups is 2. The Morgan fingerprint density at radius 2 is 2.16 bits per heavy atom. The molecule has 1 saturated heterocycles. The minimum atomic E-state index is -3.26. The number of carboxylic acid groups (broad SMARTS) is 1. The average molecular weight is 444 g/mol. The van der Waals surface area contributed by atoms with E-state index >= 15 is 0 Å². The van der Waals surface area contributed by atoms with Gasteiger partial charge in [0, 0.05) is 24.7 Å². The maximum atomic E-state index is 15.0. The Kier molecular flexibility index (Phi) is 9.27. The number of unbranched alkanes of at least 4 members (excludes halogenated alkanes) is 1. The van der Waals surface area contributed by atoms with Crippen LogP contribution in [0, 0.1) is 18.8 Å². The zero-order valence-electron chi connectivity index (χ0n) is 17.8. The fraction of sp³-hybridized carbons (Fsp3) is 0.522. The van der Waals surface area contributed by atoms with Crippen LogP contribution in [0.1, 0.15) is 36.8 Å². The van der Waals surface area contributed by atoms with Crippen LogP contribution in [0.3, 0.4) is 0 Å². The summed E-state index contributed by atoms with van der Waals surface area (Å²) in [5.74, 6) is -7.00. The summed E-state index contributed by atoms with van der Waals surface area (Å²) in [5.41, 5.74) is 2.01. The van der Waals surface area contributed by atoms with Crippen LogP contribution in [0.4, 0.5) is 8.78 Å². The summed E-state index contributed by atoms with van der Waals surface area (Å²) in [6, 6.07) is 7.69. The standard InChI is InChI=1S/C23H28F2O5.Na/c1-14-5-4-6-15(11-14)12-16(26)9-10-17-18(27)13-19-22(17)23(24,25)20(30-19)7-2-3-8-21(28)29;/h4-7,9-11,16-19,22,26-27H,2-3,8,12-13H2,1H3,(H,28,29);/q;+1/p-1/t16-,17-,18+,19-,22+;/m0./s1. The SMILES string of the molecule is Cc1cccc(C[C@@H](O)C=C[C@@H]2[C@@H]3[C@H](C[C@H]2O)OC(=CCCCC(=O)[O-])C3(F)F)c1.[Na+]. The second-order valence-electron chi connectivity index (χ2n) is 8.16. The van der Waals surface area contributed by atoms with Gasteiger partial charge in [0.1, 0.15) is 6.10 Å². The molecule has 1 aliphatic heterocycles. The van der Waals surface area contributed by atoms with Gasteiger partial charge in [0.25, 0.3) is 0 Å². The number of rotatable bonds is 8. The number of carbonyl (C=O) groups is 1. The predicted molar refractivity (Wildman–Crippen MR) is 104 cm³/mol. The Labute approximate surface area is 203 Å². The molecule has 0 bridgehead atoms. The van der Waals surface area contributed by atoms with Gasteiger partial charge in [-0.25, -0.2) is 0 Å². The molecule has 3 rings (SSSR count). The van der Waals surface area contributed by atoms with E-state index in [1.807, 2.05) is 31.2 Å². The van der Waals surface area contributed by atoms with Gasteiger partial charge in [0.05, 0.1) is 18.1 Å². The summed E-state index contributed by atoms with van der Waals surface area (Å²) in [6.07, 6.45) is 2.11. The fourth-order valence-electron chi connectivity index (χ4n) is 4.35. The van der Waals surface area contributed by atoms with Crippen molar-refractivity contribution in [1.29, 1.82) is 0 Å². The number of fused-ring (bicyclic) bond motifs is 1. The van der Waals surface area contributed by atoms with Gasteiger partial charge in [0.2, 0.25) is 0 Å². The molecule has 1 heterocycles. The van der Waals surface area contributed by atoms with Crippen molar-refractivity contribution < 1.29 is 63.2 Å². The molecule has 1 saturated carbocycles. The van der Waals surface area contributed by atoms with Gasteiger partial charge < -0.3 is 24.9 Å². The third kappa shape index (κ3) is 6.39. The summed E-state index contributed by atoms with van der Waals surface area (Å²) < 4.78 is 35.3. The number of carbonyl (C=O) groups excluding carboxylic acids is 1. The molecule has 1 aromatic carbocycles. The first-order valence-electron chi connectivity index (χ1n) is 10.2. The van der Waals surface area contributed by atoms with Crippen molar-refractivity contribution >= 4 is 5.97 Å². The molecule has 0 amide bonds. The Morgan fingerprint density at radius 3 is 2.84 bits per heavy atom. The van der Waals surface area contributed by atoms with Crippen molar-refractivity contribution in [2.24, 2.45) is 11.8 Å². The largest absolute Gasteiger partial charge is 1.00 e. The number of hydrogen-bond acceptors (Lipinski definition) is 5. The van der Waals surface area contributed by atoms with Crippen LogP contribution >= 0.6 is 0 Å². The van der Waals surface area contributed by atoms with Crippen molar-refractivity contribution in [2.45, 2.75) is 63.3 Å². The number of halogens is 2. The van der Waals surface area contributed by atoms with E-state index in [4.69, 9.17) is 4.74 Å². The van der Waals surface area contributed by atoms with Gasteiger partial charge in [0.15, 0.2) is 5.76 Å². The minimum absolute atomic E-state index is 0. The first-order chi connectivity index (χ1) is 14.2. The first kappa shape index (κ1) is 26.0. The third-order valence-corrected chi connectivity index (χ3v) is 5.76. The van der Waals surface area contributed by atoms with Gasteiger partial charge in [-0.05, 0) is 37.8 Å². The molecule has 2 fully saturated rings. The molecule has 0 unspecified atom stereocenters. The van der Waals surface area contributed by atoms with E-state index in [1.165, 1.54) is 18.2 Å². The van der Waals surface area contributed by atoms with Crippen molar-refractivity contribution in [2.75, 3.05) is 0 Å². The molecule has 2 aliphatic rings. The molecular weight excluding hydrogens is 417 g/mol. The molecule has 0 spiro atoms. The number of ether oxygens (including phenoxy) is 1. The number of carboxylic acids is 1. The monoisotopic (exact) mass is 444 g/mol. The molecule has 1 aromatic rings. The van der Waals surface area contributed by atoms with E-state index in [9.17, 15) is 28.9 Å². The van der Waals surface area contributed by atoms with Crippen molar-refractivity contribution in [3.05, 3.63) is 59.4 Å². The molecule has 5 atom stereocenters. The van der Waals surface area contributed by atoms with Crippen molar-refractivity contribution in [3.8, 4) is 0 Å². The zero-order chi connectivity index (χ0) is 21.9. The molecule has 1 aliphatic carbocycles. The molecule has 8 heteroatoms. The van der Waals surface area contributed by atoms with Gasteiger partial charge in [-0.15, -0.1) is 0 Å². The maximum absolute atomic E-state index is 15.0. The Bertz CT molecular complexity index is 826. The van der Waals surface area contributed by atoms with E-state index in [0.717, 1.165) is 11.1 Å². The van der Waals surface area contributed by atoms with Crippen LogP contribution < -0.4 is 34.7 Å². The van der Waals surface area contributed by atoms with E-state index in [2.05, 4.69) is 0 Å². The number of hydrogen-bond donors (Lipinski definition) is 2. The third-order valence-electron chi connectivity index (χ3n) is 5.76. The topological polar surface area (TPSA) is 89.8 Å². The van der Waals surface area contributed by atoms with E-state index in [1.54, 1.807) is 0 Å². The quantitative estimate of drug-likeness (QED) is 0.314. The van der Waals surface area contributed by atoms with Crippen LogP contribution in [0.2, 0.25) is 0 Å². The molecule has 164 valence electrons. The normalized spacial score (nSPS) is 28.9. The first-order valence-corrected chi connectivity index (χ1v) is 10.2. The second kappa shape index (κ2) is 11.1. The van der Waals surface area contributed by atoms with Crippen LogP contribution in [0.5, 0.6) is 0 Å². The maximum Gasteiger partial charge on any atom is 1.00 e. The summed E-state index contributed by atoms with van der Waals surface area (Å²) in [4.78, 5) is 10.5. The number of aliphatic hydroxyl groups excluding tert-OH is 2. The fourth-order valence-corrected chi connectivity index (χ4v) is 4.35. The second-order valence-corrected chi connectivity index (χ2v) is 8.16. The van der Waals surface area contributed by atoms with E-state index in [0.29, 0.717) is 6.42 Å². The molecule has 2 N–H and O–H groups in total. The van der Waals surface area contributed by atoms with E-state index < -0.39 is 47.8 Å². The Balaban J connectivity index is 0.00000341. The van der Waals surface area contributed by atoms with Crippen molar-refractivity contribution in [1.82, 2.24) is 0 Å². The average Bonchev–Trinajstić information content (AvgIpc) is 3.09. The van der Waals surface area contributed by atoms with Crippen molar-refractivity contribution in [3.63, 3.8) is 0 Å². The summed E-state index contributed by atoms with van der Waals surface area (Å²) in [5, 5.41) is 31.0. The number of aliphatic carboxylic acids is 1. The van der Waals surface area contributed by atoms with Crippen LogP contribution in [-0.2, 0) is 16.0 Å². The zero-order valence-corrected chi connectivity index (χ0v) is 19.8. The van der Waals surface area contributed by atoms with Crippen LogP contribution in [0.25, 0.3) is 0 Å². The predicted octanol–water partition coefficient (Wildman–Crippen LogP) is -0.706. The van der Waals surface area contributed by atoms with Gasteiger partial charge in [-0.3, -0.25) is 0 Å². The van der Waals surface area contributed by atoms with Gasteiger partial charge in [-0.1, -0.05) is 42.0 Å². The van der Waals surface area contributed by atoms with Gasteiger partial charge in [-0.2, -0.15) is 8.78 Å². The molecule has 0 radical (unpaired) electrons. The van der Waals surface area contributed by atoms with Crippen LogP contribution in [-0.4, -0.2) is 40.4 Å². The number of benzene rings is 1. The smallest absolute Gasteiger partial charge is 0.550 e. The Hall–Kier alpha value is -1.25. The summed E-state index contributed by atoms with van der Waals surface area (Å²) in [7, 11) is 0. The number of allylic oxidation sites excluding steroid dienone is 2. The van der Waals surface area contributed by atoms with Gasteiger partial charge >= 0.3 is 35.5 Å². The molecule has 31 heavy (non-hydrogen) atoms. The summed E-state index contributed by atoms with van der Waals surface area (Å²) >= 11 is 0.